The predicted octanol–water partition coefficient (Wildman–Crippen LogP) is 5.04. The zero-order chi connectivity index (χ0) is 20.1. The Kier molecular flexibility index (Phi) is 5.77. The monoisotopic (exact) mass is 399 g/mol. The van der Waals surface area contributed by atoms with Gasteiger partial charge in [0, 0.05) is 24.5 Å². The molecule has 4 nitrogen and oxygen atoms in total. The topological polar surface area (TPSA) is 54.9 Å². The van der Waals surface area contributed by atoms with E-state index in [4.69, 9.17) is 4.98 Å². The van der Waals surface area contributed by atoms with Crippen LogP contribution >= 0.6 is 11.3 Å². The number of amides is 1. The van der Waals surface area contributed by atoms with Gasteiger partial charge in [0.25, 0.3) is 0 Å². The molecule has 144 valence electrons. The molecule has 4 aromatic rings. The molecule has 29 heavy (non-hydrogen) atoms. The molecule has 0 unspecified atom stereocenters. The van der Waals surface area contributed by atoms with Crippen molar-refractivity contribution in [1.82, 2.24) is 15.3 Å². The lowest BCUT2D eigenvalue weighted by Crippen LogP contribution is -2.24. The smallest absolute Gasteiger partial charge is 0.226 e. The van der Waals surface area contributed by atoms with Gasteiger partial charge in [-0.05, 0) is 30.2 Å². The Morgan fingerprint density at radius 2 is 1.76 bits per heavy atom. The van der Waals surface area contributed by atoms with Crippen molar-refractivity contribution in [3.63, 3.8) is 0 Å². The van der Waals surface area contributed by atoms with Gasteiger partial charge in [-0.15, -0.1) is 11.3 Å². The fraction of sp³-hybridized carbons (Fsp3) is 0.125. The van der Waals surface area contributed by atoms with Crippen LogP contribution in [-0.2, 0) is 17.8 Å². The van der Waals surface area contributed by atoms with Gasteiger partial charge in [0.2, 0.25) is 5.91 Å². The molecule has 0 spiro atoms. The molecule has 5 heteroatoms. The fourth-order valence-corrected chi connectivity index (χ4v) is 4.10. The van der Waals surface area contributed by atoms with E-state index in [1.54, 1.807) is 23.7 Å². The number of aryl methyl sites for hydroxylation is 1. The molecule has 1 amide bonds. The summed E-state index contributed by atoms with van der Waals surface area (Å²) >= 11 is 1.60. The molecule has 0 aliphatic heterocycles. The number of carbonyl (C=O) groups is 1. The summed E-state index contributed by atoms with van der Waals surface area (Å²) in [6.45, 7) is 2.58. The number of aromatic nitrogens is 2. The van der Waals surface area contributed by atoms with E-state index in [9.17, 15) is 4.79 Å². The molecule has 0 saturated heterocycles. The maximum atomic E-state index is 12.6. The molecule has 4 rings (SSSR count). The summed E-state index contributed by atoms with van der Waals surface area (Å²) in [5.41, 5.74) is 5.11. The average molecular weight is 400 g/mol. The summed E-state index contributed by atoms with van der Waals surface area (Å²) < 4.78 is 0. The number of nitrogens with zero attached hydrogens (tertiary/aromatic N) is 2. The Morgan fingerprint density at radius 3 is 2.48 bits per heavy atom. The number of benzene rings is 2. The summed E-state index contributed by atoms with van der Waals surface area (Å²) in [5, 5.41) is 3.87. The molecule has 0 aliphatic carbocycles. The van der Waals surface area contributed by atoms with Crippen LogP contribution in [0, 0.1) is 6.92 Å². The zero-order valence-corrected chi connectivity index (χ0v) is 16.9. The number of hydrogen-bond donors (Lipinski definition) is 1. The van der Waals surface area contributed by atoms with Gasteiger partial charge in [-0.3, -0.25) is 9.78 Å². The Bertz CT molecular complexity index is 1090. The molecular weight excluding hydrogens is 378 g/mol. The SMILES string of the molecule is Cc1ccc(-c2sc(-c3cccnc3)nc2CC(=O)NCc2ccccc2)cc1. The second-order valence-electron chi connectivity index (χ2n) is 6.84. The van der Waals surface area contributed by atoms with Crippen molar-refractivity contribution in [2.24, 2.45) is 0 Å². The molecule has 0 atom stereocenters. The standard InChI is InChI=1S/C24H21N3OS/c1-17-9-11-19(12-10-17)23-21(27-24(29-23)20-8-5-13-25-16-20)14-22(28)26-15-18-6-3-2-4-7-18/h2-13,16H,14-15H2,1H3,(H,26,28). The van der Waals surface area contributed by atoms with Crippen molar-refractivity contribution in [3.05, 3.63) is 95.9 Å². The molecule has 0 aliphatic rings. The molecule has 0 saturated carbocycles. The van der Waals surface area contributed by atoms with Crippen molar-refractivity contribution in [2.75, 3.05) is 0 Å². The normalized spacial score (nSPS) is 10.7. The summed E-state index contributed by atoms with van der Waals surface area (Å²) in [6, 6.07) is 22.1. The van der Waals surface area contributed by atoms with Crippen LogP contribution in [-0.4, -0.2) is 15.9 Å². The maximum Gasteiger partial charge on any atom is 0.226 e. The van der Waals surface area contributed by atoms with E-state index in [-0.39, 0.29) is 12.3 Å². The molecule has 1 N–H and O–H groups in total. The van der Waals surface area contributed by atoms with Crippen molar-refractivity contribution < 1.29 is 4.79 Å². The van der Waals surface area contributed by atoms with Crippen molar-refractivity contribution in [2.45, 2.75) is 19.9 Å². The third-order valence-electron chi connectivity index (χ3n) is 4.58. The van der Waals surface area contributed by atoms with Crippen LogP contribution in [0.1, 0.15) is 16.8 Å². The van der Waals surface area contributed by atoms with Crippen molar-refractivity contribution >= 4 is 17.2 Å². The lowest BCUT2D eigenvalue weighted by Gasteiger charge is -2.06. The van der Waals surface area contributed by atoms with Crippen LogP contribution in [0.4, 0.5) is 0 Å². The minimum Gasteiger partial charge on any atom is -0.352 e. The van der Waals surface area contributed by atoms with Crippen LogP contribution in [0.3, 0.4) is 0 Å². The third kappa shape index (κ3) is 4.76. The van der Waals surface area contributed by atoms with E-state index in [0.717, 1.165) is 32.3 Å². The van der Waals surface area contributed by atoms with Gasteiger partial charge in [0.15, 0.2) is 0 Å². The van der Waals surface area contributed by atoms with Crippen LogP contribution in [0.5, 0.6) is 0 Å². The third-order valence-corrected chi connectivity index (χ3v) is 5.78. The Hall–Kier alpha value is -3.31. The lowest BCUT2D eigenvalue weighted by molar-refractivity contribution is -0.120. The number of carbonyl (C=O) groups excluding carboxylic acids is 1. The fourth-order valence-electron chi connectivity index (χ4n) is 3.03. The summed E-state index contributed by atoms with van der Waals surface area (Å²) in [5.74, 6) is -0.0368. The Balaban J connectivity index is 1.59. The minimum atomic E-state index is -0.0368. The van der Waals surface area contributed by atoms with E-state index in [0.29, 0.717) is 6.54 Å². The molecule has 2 heterocycles. The first-order chi connectivity index (χ1) is 14.2. The van der Waals surface area contributed by atoms with Gasteiger partial charge in [0.05, 0.1) is 17.0 Å². The van der Waals surface area contributed by atoms with Crippen LogP contribution in [0.2, 0.25) is 0 Å². The van der Waals surface area contributed by atoms with Crippen LogP contribution in [0.15, 0.2) is 79.1 Å². The van der Waals surface area contributed by atoms with E-state index in [2.05, 4.69) is 41.5 Å². The number of pyridine rings is 1. The summed E-state index contributed by atoms with van der Waals surface area (Å²) in [7, 11) is 0. The molecule has 0 bridgehead atoms. The second kappa shape index (κ2) is 8.80. The van der Waals surface area contributed by atoms with E-state index < -0.39 is 0 Å². The van der Waals surface area contributed by atoms with E-state index in [1.165, 1.54) is 5.56 Å². The second-order valence-corrected chi connectivity index (χ2v) is 7.84. The highest BCUT2D eigenvalue weighted by molar-refractivity contribution is 7.18. The van der Waals surface area contributed by atoms with Crippen LogP contribution < -0.4 is 5.32 Å². The highest BCUT2D eigenvalue weighted by Gasteiger charge is 2.17. The van der Waals surface area contributed by atoms with Gasteiger partial charge in [-0.1, -0.05) is 60.2 Å². The maximum absolute atomic E-state index is 12.6. The number of hydrogen-bond acceptors (Lipinski definition) is 4. The number of nitrogens with one attached hydrogen (secondary N) is 1. The molecule has 2 aromatic heterocycles. The predicted molar refractivity (Wildman–Crippen MR) is 118 cm³/mol. The van der Waals surface area contributed by atoms with Gasteiger partial charge in [-0.25, -0.2) is 4.98 Å². The minimum absolute atomic E-state index is 0.0368. The summed E-state index contributed by atoms with van der Waals surface area (Å²) in [6.07, 6.45) is 3.79. The Morgan fingerprint density at radius 1 is 0.966 bits per heavy atom. The van der Waals surface area contributed by atoms with Crippen molar-refractivity contribution in [3.8, 4) is 21.0 Å². The van der Waals surface area contributed by atoms with Gasteiger partial charge in [-0.2, -0.15) is 0 Å². The van der Waals surface area contributed by atoms with Gasteiger partial charge < -0.3 is 5.32 Å². The number of rotatable bonds is 6. The first-order valence-electron chi connectivity index (χ1n) is 9.47. The quantitative estimate of drug-likeness (QED) is 0.494. The number of thiazole rings is 1. The first kappa shape index (κ1) is 19.0. The van der Waals surface area contributed by atoms with Gasteiger partial charge in [0.1, 0.15) is 5.01 Å². The average Bonchev–Trinajstić information content (AvgIpc) is 3.18. The highest BCUT2D eigenvalue weighted by Crippen LogP contribution is 2.35. The summed E-state index contributed by atoms with van der Waals surface area (Å²) in [4.78, 5) is 22.6. The highest BCUT2D eigenvalue weighted by atomic mass is 32.1. The Labute approximate surface area is 174 Å². The molecule has 0 fully saturated rings. The molecule has 2 aromatic carbocycles. The zero-order valence-electron chi connectivity index (χ0n) is 16.1. The van der Waals surface area contributed by atoms with Crippen molar-refractivity contribution in [1.29, 1.82) is 0 Å². The van der Waals surface area contributed by atoms with E-state index in [1.807, 2.05) is 42.5 Å². The first-order valence-corrected chi connectivity index (χ1v) is 10.3. The van der Waals surface area contributed by atoms with E-state index >= 15 is 0 Å². The molecule has 0 radical (unpaired) electrons. The van der Waals surface area contributed by atoms with Crippen LogP contribution in [0.25, 0.3) is 21.0 Å². The molecular formula is C24H21N3OS. The van der Waals surface area contributed by atoms with Gasteiger partial charge >= 0.3 is 0 Å². The lowest BCUT2D eigenvalue weighted by atomic mass is 10.1. The largest absolute Gasteiger partial charge is 0.352 e.